The number of ether oxygens (including phenoxy) is 2. The number of hydrogen-bond acceptors (Lipinski definition) is 9. The fourth-order valence-electron chi connectivity index (χ4n) is 3.18. The van der Waals surface area contributed by atoms with Crippen LogP contribution in [0, 0.1) is 6.92 Å². The minimum atomic E-state index is -0.279. The number of rotatable bonds is 4. The summed E-state index contributed by atoms with van der Waals surface area (Å²) in [6, 6.07) is 7.07. The van der Waals surface area contributed by atoms with E-state index in [2.05, 4.69) is 20.4 Å². The van der Waals surface area contributed by atoms with Gasteiger partial charge in [0.2, 0.25) is 0 Å². The van der Waals surface area contributed by atoms with Gasteiger partial charge in [-0.1, -0.05) is 23.5 Å². The number of azo groups is 1. The van der Waals surface area contributed by atoms with Gasteiger partial charge >= 0.3 is 0 Å². The van der Waals surface area contributed by atoms with Crippen LogP contribution in [-0.2, 0) is 4.74 Å². The monoisotopic (exact) mass is 413 g/mol. The van der Waals surface area contributed by atoms with Crippen molar-refractivity contribution in [2.24, 2.45) is 10.2 Å². The average Bonchev–Trinajstić information content (AvgIpc) is 3.17. The maximum Gasteiger partial charge on any atom is 0.257 e. The van der Waals surface area contributed by atoms with Crippen LogP contribution >= 0.6 is 11.3 Å². The molecule has 0 unspecified atom stereocenters. The SMILES string of the molecule is COc1cccc2cc(C(=O)N3CCOCC3)c(O)c(/N=N/c3nnc(C)s3)c12. The molecule has 29 heavy (non-hydrogen) atoms. The number of aromatic nitrogens is 2. The molecule has 1 saturated heterocycles. The highest BCUT2D eigenvalue weighted by molar-refractivity contribution is 7.14. The van der Waals surface area contributed by atoms with Crippen LogP contribution < -0.4 is 4.74 Å². The zero-order valence-corrected chi connectivity index (χ0v) is 16.8. The van der Waals surface area contributed by atoms with Crippen LogP contribution in [0.2, 0.25) is 0 Å². The van der Waals surface area contributed by atoms with Crippen LogP contribution in [-0.4, -0.2) is 59.5 Å². The lowest BCUT2D eigenvalue weighted by atomic mass is 10.0. The van der Waals surface area contributed by atoms with Crippen molar-refractivity contribution in [3.8, 4) is 11.5 Å². The molecule has 4 rings (SSSR count). The van der Waals surface area contributed by atoms with Crippen LogP contribution in [0.25, 0.3) is 10.8 Å². The van der Waals surface area contributed by atoms with Gasteiger partial charge in [-0.15, -0.1) is 20.4 Å². The summed E-state index contributed by atoms with van der Waals surface area (Å²) in [5, 5.41) is 29.5. The average molecular weight is 413 g/mol. The summed E-state index contributed by atoms with van der Waals surface area (Å²) in [6.07, 6.45) is 0. The number of carbonyl (C=O) groups excluding carboxylic acids is 1. The molecule has 2 aromatic carbocycles. The highest BCUT2D eigenvalue weighted by Gasteiger charge is 2.25. The number of phenols is 1. The Kier molecular flexibility index (Phi) is 5.36. The molecule has 1 aliphatic rings. The van der Waals surface area contributed by atoms with E-state index in [1.165, 1.54) is 18.4 Å². The van der Waals surface area contributed by atoms with E-state index in [4.69, 9.17) is 9.47 Å². The van der Waals surface area contributed by atoms with Gasteiger partial charge in [0, 0.05) is 13.1 Å². The van der Waals surface area contributed by atoms with Crippen LogP contribution in [0.3, 0.4) is 0 Å². The number of fused-ring (bicyclic) bond motifs is 1. The standard InChI is InChI=1S/C19H19N5O4S/c1-11-20-22-19(29-11)23-21-16-15-12(4-3-5-14(15)27-2)10-13(17(16)25)18(26)24-6-8-28-9-7-24/h3-5,10,25H,6-9H2,1-2H3/b23-21+. The van der Waals surface area contributed by atoms with E-state index in [0.29, 0.717) is 48.0 Å². The first-order valence-electron chi connectivity index (χ1n) is 9.00. The molecule has 0 radical (unpaired) electrons. The Morgan fingerprint density at radius 2 is 2.07 bits per heavy atom. The number of aryl methyl sites for hydroxylation is 1. The number of carbonyl (C=O) groups is 1. The Morgan fingerprint density at radius 1 is 1.28 bits per heavy atom. The van der Waals surface area contributed by atoms with Crippen molar-refractivity contribution >= 4 is 38.8 Å². The molecule has 0 bridgehead atoms. The lowest BCUT2D eigenvalue weighted by Crippen LogP contribution is -2.40. The third-order valence-corrected chi connectivity index (χ3v) is 5.30. The molecule has 0 aliphatic carbocycles. The van der Waals surface area contributed by atoms with Crippen molar-refractivity contribution in [3.63, 3.8) is 0 Å². The molecular weight excluding hydrogens is 394 g/mol. The number of amides is 1. The predicted molar refractivity (Wildman–Crippen MR) is 108 cm³/mol. The maximum atomic E-state index is 13.0. The Morgan fingerprint density at radius 3 is 2.76 bits per heavy atom. The van der Waals surface area contributed by atoms with E-state index >= 15 is 0 Å². The molecule has 150 valence electrons. The zero-order valence-electron chi connectivity index (χ0n) is 16.0. The van der Waals surface area contributed by atoms with Crippen molar-refractivity contribution in [3.05, 3.63) is 34.8 Å². The van der Waals surface area contributed by atoms with Gasteiger partial charge in [0.15, 0.2) is 5.75 Å². The van der Waals surface area contributed by atoms with E-state index in [-0.39, 0.29) is 22.9 Å². The predicted octanol–water partition coefficient (Wildman–Crippen LogP) is 3.60. The van der Waals surface area contributed by atoms with Crippen LogP contribution in [0.4, 0.5) is 10.8 Å². The van der Waals surface area contributed by atoms with Crippen molar-refractivity contribution < 1.29 is 19.4 Å². The van der Waals surface area contributed by atoms with Gasteiger partial charge in [0.05, 0.1) is 31.3 Å². The smallest absolute Gasteiger partial charge is 0.257 e. The van der Waals surface area contributed by atoms with Crippen molar-refractivity contribution in [1.82, 2.24) is 15.1 Å². The van der Waals surface area contributed by atoms with Crippen molar-refractivity contribution in [1.29, 1.82) is 0 Å². The molecule has 1 fully saturated rings. The molecular formula is C19H19N5O4S. The lowest BCUT2D eigenvalue weighted by Gasteiger charge is -2.27. The second kappa shape index (κ2) is 8.10. The highest BCUT2D eigenvalue weighted by atomic mass is 32.1. The zero-order chi connectivity index (χ0) is 20.4. The molecule has 0 atom stereocenters. The van der Waals surface area contributed by atoms with Crippen LogP contribution in [0.15, 0.2) is 34.5 Å². The summed E-state index contributed by atoms with van der Waals surface area (Å²) in [4.78, 5) is 14.7. The number of phenolic OH excluding ortho intramolecular Hbond substituents is 1. The second-order valence-corrected chi connectivity index (χ2v) is 7.55. The van der Waals surface area contributed by atoms with E-state index in [0.717, 1.165) is 5.01 Å². The molecule has 1 aliphatic heterocycles. The number of aromatic hydroxyl groups is 1. The second-order valence-electron chi connectivity index (χ2n) is 6.39. The lowest BCUT2D eigenvalue weighted by molar-refractivity contribution is 0.0301. The largest absolute Gasteiger partial charge is 0.505 e. The van der Waals surface area contributed by atoms with Crippen molar-refractivity contribution in [2.75, 3.05) is 33.4 Å². The van der Waals surface area contributed by atoms with Gasteiger partial charge in [0.25, 0.3) is 11.0 Å². The molecule has 1 N–H and O–H groups in total. The summed E-state index contributed by atoms with van der Waals surface area (Å²) in [5.74, 6) is -0.00669. The Labute approximate surface area is 170 Å². The van der Waals surface area contributed by atoms with Gasteiger partial charge in [-0.05, 0) is 24.4 Å². The highest BCUT2D eigenvalue weighted by Crippen LogP contribution is 2.44. The topological polar surface area (TPSA) is 110 Å². The van der Waals surface area contributed by atoms with Gasteiger partial charge in [-0.3, -0.25) is 4.79 Å². The molecule has 9 nitrogen and oxygen atoms in total. The normalized spacial score (nSPS) is 14.6. The molecule has 0 saturated carbocycles. The number of methoxy groups -OCH3 is 1. The van der Waals surface area contributed by atoms with Crippen LogP contribution in [0.5, 0.6) is 11.5 Å². The Bertz CT molecular complexity index is 1090. The fraction of sp³-hybridized carbons (Fsp3) is 0.316. The van der Waals surface area contributed by atoms with Crippen LogP contribution in [0.1, 0.15) is 15.4 Å². The number of hydrogen-bond donors (Lipinski definition) is 1. The molecule has 1 aromatic heterocycles. The molecule has 3 aromatic rings. The third-order valence-electron chi connectivity index (χ3n) is 4.57. The quantitative estimate of drug-likeness (QED) is 0.655. The van der Waals surface area contributed by atoms with Gasteiger partial charge in [0.1, 0.15) is 16.4 Å². The molecule has 10 heteroatoms. The first-order valence-corrected chi connectivity index (χ1v) is 9.81. The third kappa shape index (κ3) is 3.76. The first-order chi connectivity index (χ1) is 14.1. The van der Waals surface area contributed by atoms with Crippen molar-refractivity contribution in [2.45, 2.75) is 6.92 Å². The minimum Gasteiger partial charge on any atom is -0.505 e. The van der Waals surface area contributed by atoms with E-state index < -0.39 is 0 Å². The summed E-state index contributed by atoms with van der Waals surface area (Å²) in [5.41, 5.74) is 0.319. The summed E-state index contributed by atoms with van der Waals surface area (Å²) in [7, 11) is 1.54. The molecule has 1 amide bonds. The summed E-state index contributed by atoms with van der Waals surface area (Å²) in [6.45, 7) is 3.69. The summed E-state index contributed by atoms with van der Waals surface area (Å²) >= 11 is 1.28. The minimum absolute atomic E-state index is 0.157. The number of morpholine rings is 1. The maximum absolute atomic E-state index is 13.0. The van der Waals surface area contributed by atoms with E-state index in [9.17, 15) is 9.90 Å². The summed E-state index contributed by atoms with van der Waals surface area (Å²) < 4.78 is 10.8. The first kappa shape index (κ1) is 19.2. The number of benzene rings is 2. The Balaban J connectivity index is 1.86. The Hall–Kier alpha value is -3.11. The number of nitrogens with zero attached hydrogens (tertiary/aromatic N) is 5. The van der Waals surface area contributed by atoms with Gasteiger partial charge in [-0.2, -0.15) is 0 Å². The van der Waals surface area contributed by atoms with Gasteiger partial charge < -0.3 is 19.5 Å². The molecule has 2 heterocycles. The molecule has 0 spiro atoms. The van der Waals surface area contributed by atoms with Gasteiger partial charge in [-0.25, -0.2) is 0 Å². The fourth-order valence-corrected chi connectivity index (χ4v) is 3.69. The van der Waals surface area contributed by atoms with E-state index in [1.54, 1.807) is 17.0 Å². The van der Waals surface area contributed by atoms with E-state index in [1.807, 2.05) is 19.1 Å².